The number of aromatic amines is 1. The summed E-state index contributed by atoms with van der Waals surface area (Å²) in [5.74, 6) is -1.67. The van der Waals surface area contributed by atoms with Crippen molar-refractivity contribution in [3.63, 3.8) is 0 Å². The van der Waals surface area contributed by atoms with Crippen molar-refractivity contribution in [2.24, 2.45) is 7.05 Å². The summed E-state index contributed by atoms with van der Waals surface area (Å²) in [5.41, 5.74) is 0.871. The lowest BCUT2D eigenvalue weighted by molar-refractivity contribution is 0.0988. The number of halogens is 2. The van der Waals surface area contributed by atoms with Crippen LogP contribution < -0.4 is 4.74 Å². The van der Waals surface area contributed by atoms with Crippen LogP contribution in [0.2, 0.25) is 5.02 Å². The van der Waals surface area contributed by atoms with Gasteiger partial charge in [0.2, 0.25) is 0 Å². The number of benzene rings is 1. The van der Waals surface area contributed by atoms with Gasteiger partial charge in [0.15, 0.2) is 23.1 Å². The predicted octanol–water partition coefficient (Wildman–Crippen LogP) is 3.99. The number of aromatic nitrogens is 3. The van der Waals surface area contributed by atoms with Crippen LogP contribution in [-0.2, 0) is 13.5 Å². The van der Waals surface area contributed by atoms with E-state index in [2.05, 4.69) is 10.1 Å². The molecule has 0 fully saturated rings. The van der Waals surface area contributed by atoms with Crippen LogP contribution in [0.25, 0.3) is 0 Å². The molecule has 2 aromatic heterocycles. The average Bonchev–Trinajstić information content (AvgIpc) is 3.30. The first-order valence-electron chi connectivity index (χ1n) is 8.75. The van der Waals surface area contributed by atoms with E-state index in [0.717, 1.165) is 5.56 Å². The number of ketones is 2. The molecule has 0 aliphatic rings. The van der Waals surface area contributed by atoms with Gasteiger partial charge in [-0.1, -0.05) is 18.5 Å². The Labute approximate surface area is 166 Å². The Morgan fingerprint density at radius 2 is 2.14 bits per heavy atom. The lowest BCUT2D eigenvalue weighted by atomic mass is 10.0. The van der Waals surface area contributed by atoms with Crippen LogP contribution in [0.1, 0.15) is 45.3 Å². The summed E-state index contributed by atoms with van der Waals surface area (Å²) in [4.78, 5) is 28.0. The summed E-state index contributed by atoms with van der Waals surface area (Å²) in [6.45, 7) is 2.22. The minimum atomic E-state index is -0.810. The fraction of sp³-hybridized carbons (Fsp3) is 0.250. The number of Topliss-reactive ketones (excluding diaryl/α,β-unsaturated/α-hetero) is 1. The lowest BCUT2D eigenvalue weighted by Gasteiger charge is -2.10. The Kier molecular flexibility index (Phi) is 5.94. The summed E-state index contributed by atoms with van der Waals surface area (Å²) in [6.07, 6.45) is 5.55. The van der Waals surface area contributed by atoms with Crippen molar-refractivity contribution in [1.82, 2.24) is 14.8 Å². The third-order valence-corrected chi connectivity index (χ3v) is 4.43. The lowest BCUT2D eigenvalue weighted by Crippen LogP contribution is -2.07. The van der Waals surface area contributed by atoms with Gasteiger partial charge >= 0.3 is 0 Å². The van der Waals surface area contributed by atoms with Crippen molar-refractivity contribution in [1.29, 1.82) is 0 Å². The van der Waals surface area contributed by atoms with Gasteiger partial charge in [0.25, 0.3) is 0 Å². The smallest absolute Gasteiger partial charge is 0.199 e. The van der Waals surface area contributed by atoms with Crippen LogP contribution in [0.15, 0.2) is 36.8 Å². The van der Waals surface area contributed by atoms with Crippen molar-refractivity contribution in [2.45, 2.75) is 19.8 Å². The van der Waals surface area contributed by atoms with E-state index in [9.17, 15) is 14.0 Å². The number of hydrogen-bond acceptors (Lipinski definition) is 4. The molecule has 0 aliphatic carbocycles. The molecular formula is C20H19ClFN3O3. The first kappa shape index (κ1) is 19.8. The van der Waals surface area contributed by atoms with Crippen LogP contribution in [0.3, 0.4) is 0 Å². The van der Waals surface area contributed by atoms with Gasteiger partial charge in [-0.2, -0.15) is 5.10 Å². The first-order chi connectivity index (χ1) is 13.4. The number of ether oxygens (including phenoxy) is 1. The highest BCUT2D eigenvalue weighted by Gasteiger charge is 2.23. The number of nitrogens with zero attached hydrogens (tertiary/aromatic N) is 2. The largest absolute Gasteiger partial charge is 0.491 e. The number of rotatable bonds is 8. The number of carbonyl (C=O) groups is 2. The Morgan fingerprint density at radius 3 is 2.82 bits per heavy atom. The van der Waals surface area contributed by atoms with Gasteiger partial charge in [0.1, 0.15) is 0 Å². The van der Waals surface area contributed by atoms with E-state index in [-0.39, 0.29) is 39.8 Å². The topological polar surface area (TPSA) is 77.0 Å². The molecule has 6 nitrogen and oxygen atoms in total. The minimum Gasteiger partial charge on any atom is -0.491 e. The Bertz CT molecular complexity index is 1030. The summed E-state index contributed by atoms with van der Waals surface area (Å²) in [7, 11) is 1.76. The Balaban J connectivity index is 1.83. The summed E-state index contributed by atoms with van der Waals surface area (Å²) in [5, 5.41) is 4.00. The molecule has 0 spiro atoms. The van der Waals surface area contributed by atoms with E-state index in [1.807, 2.05) is 6.92 Å². The zero-order chi connectivity index (χ0) is 20.3. The Hall–Kier alpha value is -2.93. The molecule has 28 heavy (non-hydrogen) atoms. The Morgan fingerprint density at radius 1 is 1.36 bits per heavy atom. The second-order valence-corrected chi connectivity index (χ2v) is 6.74. The molecule has 146 valence electrons. The minimum absolute atomic E-state index is 0.0178. The first-order valence-corrected chi connectivity index (χ1v) is 9.13. The second kappa shape index (κ2) is 8.39. The maximum atomic E-state index is 14.7. The second-order valence-electron chi connectivity index (χ2n) is 6.34. The molecule has 0 radical (unpaired) electrons. The van der Waals surface area contributed by atoms with E-state index in [4.69, 9.17) is 16.3 Å². The van der Waals surface area contributed by atoms with Gasteiger partial charge in [-0.3, -0.25) is 14.3 Å². The van der Waals surface area contributed by atoms with Crippen LogP contribution in [0.4, 0.5) is 4.39 Å². The highest BCUT2D eigenvalue weighted by atomic mass is 35.5. The van der Waals surface area contributed by atoms with Crippen molar-refractivity contribution >= 4 is 23.2 Å². The van der Waals surface area contributed by atoms with Gasteiger partial charge in [0, 0.05) is 31.4 Å². The van der Waals surface area contributed by atoms with E-state index in [0.29, 0.717) is 13.0 Å². The fourth-order valence-electron chi connectivity index (χ4n) is 2.74. The molecule has 0 unspecified atom stereocenters. The SMILES string of the molecule is CCCOc1ccc(Cl)c(C(=O)c2c[nH]c(C(=O)Cc3cnn(C)c3)c2)c1F. The molecule has 0 saturated heterocycles. The predicted molar refractivity (Wildman–Crippen MR) is 103 cm³/mol. The number of carbonyl (C=O) groups excluding carboxylic acids is 2. The zero-order valence-electron chi connectivity index (χ0n) is 15.5. The van der Waals surface area contributed by atoms with Crippen LogP contribution in [0, 0.1) is 5.82 Å². The van der Waals surface area contributed by atoms with E-state index < -0.39 is 11.6 Å². The number of hydrogen-bond donors (Lipinski definition) is 1. The fourth-order valence-corrected chi connectivity index (χ4v) is 2.97. The summed E-state index contributed by atoms with van der Waals surface area (Å²) < 4.78 is 21.7. The monoisotopic (exact) mass is 403 g/mol. The molecule has 1 aromatic carbocycles. The summed E-state index contributed by atoms with van der Waals surface area (Å²) >= 11 is 6.06. The molecule has 0 saturated carbocycles. The zero-order valence-corrected chi connectivity index (χ0v) is 16.2. The maximum Gasteiger partial charge on any atom is 0.199 e. The molecule has 3 aromatic rings. The van der Waals surface area contributed by atoms with E-state index in [1.165, 1.54) is 24.4 Å². The molecule has 8 heteroatoms. The highest BCUT2D eigenvalue weighted by molar-refractivity contribution is 6.35. The molecule has 3 rings (SSSR count). The van der Waals surface area contributed by atoms with Crippen molar-refractivity contribution in [2.75, 3.05) is 6.61 Å². The molecular weight excluding hydrogens is 385 g/mol. The normalized spacial score (nSPS) is 10.9. The molecule has 0 atom stereocenters. The number of aryl methyl sites for hydroxylation is 1. The third kappa shape index (κ3) is 4.14. The van der Waals surface area contributed by atoms with E-state index >= 15 is 0 Å². The quantitative estimate of drug-likeness (QED) is 0.577. The molecule has 1 N–H and O–H groups in total. The maximum absolute atomic E-state index is 14.7. The van der Waals surface area contributed by atoms with Crippen molar-refractivity contribution in [3.05, 3.63) is 70.0 Å². The summed E-state index contributed by atoms with van der Waals surface area (Å²) in [6, 6.07) is 4.21. The van der Waals surface area contributed by atoms with E-state index in [1.54, 1.807) is 24.1 Å². The average molecular weight is 404 g/mol. The standard InChI is InChI=1S/C20H19ClFN3O3/c1-3-6-28-17-5-4-14(21)18(19(17)22)20(27)13-8-15(23-10-13)16(26)7-12-9-24-25(2)11-12/h4-5,8-11,23H,3,6-7H2,1-2H3. The van der Waals surface area contributed by atoms with Gasteiger partial charge in [-0.05, 0) is 30.2 Å². The molecule has 0 aliphatic heterocycles. The highest BCUT2D eigenvalue weighted by Crippen LogP contribution is 2.29. The van der Waals surface area contributed by atoms with Crippen LogP contribution >= 0.6 is 11.6 Å². The van der Waals surface area contributed by atoms with Crippen LogP contribution in [-0.4, -0.2) is 32.9 Å². The molecule has 0 amide bonds. The van der Waals surface area contributed by atoms with Gasteiger partial charge in [0.05, 0.1) is 29.1 Å². The van der Waals surface area contributed by atoms with Gasteiger partial charge in [-0.15, -0.1) is 0 Å². The molecule has 0 bridgehead atoms. The third-order valence-electron chi connectivity index (χ3n) is 4.11. The van der Waals surface area contributed by atoms with Crippen molar-refractivity contribution < 1.29 is 18.7 Å². The number of H-pyrrole nitrogens is 1. The van der Waals surface area contributed by atoms with Crippen LogP contribution in [0.5, 0.6) is 5.75 Å². The van der Waals surface area contributed by atoms with Crippen molar-refractivity contribution in [3.8, 4) is 5.75 Å². The van der Waals surface area contributed by atoms with Gasteiger partial charge < -0.3 is 9.72 Å². The molecule has 2 heterocycles. The number of nitrogens with one attached hydrogen (secondary N) is 1. The van der Waals surface area contributed by atoms with Gasteiger partial charge in [-0.25, -0.2) is 4.39 Å².